The van der Waals surface area contributed by atoms with E-state index in [9.17, 15) is 23.6 Å². The first kappa shape index (κ1) is 31.4. The molecule has 204 valence electrons. The van der Waals surface area contributed by atoms with Gasteiger partial charge in [0.2, 0.25) is 0 Å². The first-order valence-electron chi connectivity index (χ1n) is 12.2. The van der Waals surface area contributed by atoms with Gasteiger partial charge in [-0.3, -0.25) is 18.8 Å². The summed E-state index contributed by atoms with van der Waals surface area (Å²) in [6, 6.07) is 1.84. The van der Waals surface area contributed by atoms with Crippen LogP contribution in [-0.4, -0.2) is 47.9 Å². The molecule has 0 radical (unpaired) electrons. The third-order valence-electron chi connectivity index (χ3n) is 5.25. The number of hydrogen-bond donors (Lipinski definition) is 1. The molecule has 2 aromatic heterocycles. The van der Waals surface area contributed by atoms with Gasteiger partial charge >= 0.3 is 17.4 Å². The molecular formula is C26H39FN6O4. The van der Waals surface area contributed by atoms with Gasteiger partial charge in [-0.15, -0.1) is 0 Å². The Hall–Kier alpha value is -3.63. The van der Waals surface area contributed by atoms with Crippen LogP contribution in [0.25, 0.3) is 0 Å². The zero-order valence-corrected chi connectivity index (χ0v) is 23.2. The van der Waals surface area contributed by atoms with Crippen molar-refractivity contribution in [3.8, 4) is 0 Å². The lowest BCUT2D eigenvalue weighted by molar-refractivity contribution is -0.117. The molecule has 0 aliphatic carbocycles. The van der Waals surface area contributed by atoms with Crippen LogP contribution in [0.5, 0.6) is 0 Å². The number of amides is 2. The topological polar surface area (TPSA) is 119 Å². The van der Waals surface area contributed by atoms with Crippen LogP contribution in [0.2, 0.25) is 0 Å². The molecule has 3 heterocycles. The van der Waals surface area contributed by atoms with Crippen molar-refractivity contribution in [1.29, 1.82) is 0 Å². The molecule has 1 N–H and O–H groups in total. The van der Waals surface area contributed by atoms with Crippen LogP contribution in [0.1, 0.15) is 78.4 Å². The number of aryl methyl sites for hydroxylation is 2. The van der Waals surface area contributed by atoms with Crippen LogP contribution >= 0.6 is 0 Å². The van der Waals surface area contributed by atoms with Gasteiger partial charge in [0.25, 0.3) is 0 Å². The summed E-state index contributed by atoms with van der Waals surface area (Å²) in [5.41, 5.74) is 0.354. The highest BCUT2D eigenvalue weighted by Crippen LogP contribution is 2.09. The minimum absolute atomic E-state index is 0.0555. The second-order valence-corrected chi connectivity index (χ2v) is 9.62. The summed E-state index contributed by atoms with van der Waals surface area (Å²) in [7, 11) is 0. The van der Waals surface area contributed by atoms with Crippen molar-refractivity contribution < 1.29 is 14.0 Å². The Kier molecular flexibility index (Phi) is 12.0. The minimum Gasteiger partial charge on any atom is -0.331 e. The third-order valence-corrected chi connectivity index (χ3v) is 5.25. The molecule has 1 aliphatic rings. The second-order valence-electron chi connectivity index (χ2n) is 9.62. The second kappa shape index (κ2) is 14.2. The number of nitrogens with one attached hydrogen (secondary N) is 1. The van der Waals surface area contributed by atoms with Gasteiger partial charge in [0.1, 0.15) is 5.78 Å². The van der Waals surface area contributed by atoms with Gasteiger partial charge in [-0.05, 0) is 74.5 Å². The molecule has 0 spiro atoms. The molecule has 2 aromatic rings. The van der Waals surface area contributed by atoms with Crippen LogP contribution in [0.4, 0.5) is 9.18 Å². The van der Waals surface area contributed by atoms with Crippen molar-refractivity contribution in [2.45, 2.75) is 92.9 Å². The largest absolute Gasteiger partial charge is 0.348 e. The van der Waals surface area contributed by atoms with E-state index in [0.717, 1.165) is 5.69 Å². The van der Waals surface area contributed by atoms with Crippen LogP contribution in [0.3, 0.4) is 0 Å². The molecular weight excluding hydrogens is 479 g/mol. The molecule has 0 saturated heterocycles. The smallest absolute Gasteiger partial charge is 0.331 e. The number of aromatic nitrogens is 4. The highest BCUT2D eigenvalue weighted by Gasteiger charge is 2.22. The number of rotatable bonds is 5. The monoisotopic (exact) mass is 518 g/mol. The van der Waals surface area contributed by atoms with Crippen molar-refractivity contribution in [1.82, 2.24) is 29.3 Å². The van der Waals surface area contributed by atoms with E-state index < -0.39 is 11.5 Å². The quantitative estimate of drug-likeness (QED) is 0.645. The molecule has 1 unspecified atom stereocenters. The van der Waals surface area contributed by atoms with E-state index >= 15 is 0 Å². The maximum absolute atomic E-state index is 12.9. The summed E-state index contributed by atoms with van der Waals surface area (Å²) in [4.78, 5) is 53.5. The summed E-state index contributed by atoms with van der Waals surface area (Å²) in [6.45, 7) is 16.2. The summed E-state index contributed by atoms with van der Waals surface area (Å²) in [6.07, 6.45) is 6.93. The predicted molar refractivity (Wildman–Crippen MR) is 141 cm³/mol. The molecule has 11 heteroatoms. The lowest BCUT2D eigenvalue weighted by Gasteiger charge is -2.29. The number of carbonyl (C=O) groups excluding carboxylic acids is 2. The number of nitrogens with zero attached hydrogens (tertiary/aromatic N) is 5. The highest BCUT2D eigenvalue weighted by atomic mass is 19.1. The summed E-state index contributed by atoms with van der Waals surface area (Å²) in [5, 5.41) is 2.76. The highest BCUT2D eigenvalue weighted by molar-refractivity contribution is 5.80. The molecule has 0 saturated carbocycles. The van der Waals surface area contributed by atoms with Crippen molar-refractivity contribution in [2.75, 3.05) is 0 Å². The predicted octanol–water partition coefficient (Wildman–Crippen LogP) is 3.69. The van der Waals surface area contributed by atoms with Gasteiger partial charge in [0, 0.05) is 48.8 Å². The summed E-state index contributed by atoms with van der Waals surface area (Å²) in [5.74, 6) is -0.360. The fraction of sp³-hybridized carbons (Fsp3) is 0.538. The Morgan fingerprint density at radius 1 is 0.973 bits per heavy atom. The van der Waals surface area contributed by atoms with Crippen molar-refractivity contribution in [3.05, 3.63) is 68.9 Å². The van der Waals surface area contributed by atoms with Gasteiger partial charge in [0.15, 0.2) is 5.82 Å². The van der Waals surface area contributed by atoms with Gasteiger partial charge in [-0.2, -0.15) is 9.97 Å². The fourth-order valence-electron chi connectivity index (χ4n) is 3.17. The number of ketones is 1. The molecule has 3 rings (SSSR count). The lowest BCUT2D eigenvalue weighted by atomic mass is 10.1. The average Bonchev–Trinajstić information content (AvgIpc) is 2.76. The Bertz CT molecular complexity index is 1220. The van der Waals surface area contributed by atoms with E-state index in [0.29, 0.717) is 6.42 Å². The van der Waals surface area contributed by atoms with Crippen LogP contribution in [0, 0.1) is 19.7 Å². The van der Waals surface area contributed by atoms with Crippen molar-refractivity contribution in [2.24, 2.45) is 0 Å². The SMILES string of the molecule is CC(=O)CC1C=CN(C(C)C)C(=O)N1.Cc1ccn(C(C)C)c(=O)n1.Cc1nc(=O)n(C(C)C)cc1F. The number of halogens is 1. The number of hydrogen-bond acceptors (Lipinski definition) is 6. The summed E-state index contributed by atoms with van der Waals surface area (Å²) >= 11 is 0. The Labute approximate surface area is 217 Å². The maximum Gasteiger partial charge on any atom is 0.348 e. The minimum atomic E-state index is -0.441. The van der Waals surface area contributed by atoms with Gasteiger partial charge in [-0.1, -0.05) is 0 Å². The number of carbonyl (C=O) groups is 2. The molecule has 10 nitrogen and oxygen atoms in total. The first-order chi connectivity index (χ1) is 17.1. The van der Waals surface area contributed by atoms with E-state index in [-0.39, 0.29) is 47.4 Å². The van der Waals surface area contributed by atoms with E-state index in [2.05, 4.69) is 15.3 Å². The first-order valence-corrected chi connectivity index (χ1v) is 12.2. The van der Waals surface area contributed by atoms with Crippen LogP contribution < -0.4 is 16.7 Å². The molecule has 1 atom stereocenters. The molecule has 0 aromatic carbocycles. The zero-order chi connectivity index (χ0) is 28.4. The Balaban J connectivity index is 0.000000280. The van der Waals surface area contributed by atoms with Gasteiger partial charge < -0.3 is 5.32 Å². The van der Waals surface area contributed by atoms with E-state index in [4.69, 9.17) is 0 Å². The fourth-order valence-corrected chi connectivity index (χ4v) is 3.17. The van der Waals surface area contributed by atoms with E-state index in [1.54, 1.807) is 35.7 Å². The molecule has 37 heavy (non-hydrogen) atoms. The van der Waals surface area contributed by atoms with E-state index in [1.165, 1.54) is 24.6 Å². The Morgan fingerprint density at radius 3 is 2.00 bits per heavy atom. The van der Waals surface area contributed by atoms with E-state index in [1.807, 2.05) is 46.8 Å². The van der Waals surface area contributed by atoms with Gasteiger partial charge in [-0.25, -0.2) is 18.8 Å². The number of urea groups is 1. The summed E-state index contributed by atoms with van der Waals surface area (Å²) < 4.78 is 15.8. The normalized spacial score (nSPS) is 14.7. The molecule has 1 aliphatic heterocycles. The van der Waals surface area contributed by atoms with Crippen molar-refractivity contribution >= 4 is 11.8 Å². The van der Waals surface area contributed by atoms with Crippen LogP contribution in [0.15, 0.2) is 40.3 Å². The third kappa shape index (κ3) is 10.1. The zero-order valence-electron chi connectivity index (χ0n) is 23.2. The van der Waals surface area contributed by atoms with Crippen LogP contribution in [-0.2, 0) is 4.79 Å². The average molecular weight is 519 g/mol. The lowest BCUT2D eigenvalue weighted by Crippen LogP contribution is -2.48. The molecule has 2 amide bonds. The maximum atomic E-state index is 12.9. The molecule has 0 bridgehead atoms. The van der Waals surface area contributed by atoms with Crippen molar-refractivity contribution in [3.63, 3.8) is 0 Å². The molecule has 0 fully saturated rings. The number of Topliss-reactive ketones (excluding diaryl/α,β-unsaturated/α-hetero) is 1. The Morgan fingerprint density at radius 2 is 1.54 bits per heavy atom. The standard InChI is InChI=1S/C10H16N2O2.C8H11FN2O.C8H12N2O/c1-7(2)12-5-4-9(6-8(3)13)11-10(12)14;1-5(2)11-4-7(9)6(3)10-8(11)12;1-6(2)10-5-4-7(3)9-8(10)11/h4-5,7,9H,6H2,1-3H3,(H,11,14);4-5H,1-3H3;4-6H,1-3H3. The van der Waals surface area contributed by atoms with Gasteiger partial charge in [0.05, 0.1) is 11.7 Å².